The highest BCUT2D eigenvalue weighted by atomic mass is 32.2. The molecule has 0 fully saturated rings. The topological polar surface area (TPSA) is 0 Å². The first kappa shape index (κ1) is 16.6. The monoisotopic (exact) mass is 284 g/mol. The average Bonchev–Trinajstić information content (AvgIpc) is 2.57. The number of hydrogen-bond acceptors (Lipinski definition) is 1. The lowest BCUT2D eigenvalue weighted by molar-refractivity contribution is 0.839. The van der Waals surface area contributed by atoms with Gasteiger partial charge in [0.25, 0.3) is 0 Å². The third-order valence-corrected chi connectivity index (χ3v) is 4.45. The van der Waals surface area contributed by atoms with Gasteiger partial charge < -0.3 is 0 Å². The SMILES string of the molecule is C=C/C=C\C1=C(C=C)SCC(/C=C\C)=C(/C=C\C)C1C. The van der Waals surface area contributed by atoms with Crippen molar-refractivity contribution in [2.45, 2.75) is 20.8 Å². The van der Waals surface area contributed by atoms with Crippen LogP contribution in [-0.2, 0) is 0 Å². The Morgan fingerprint density at radius 1 is 1.05 bits per heavy atom. The maximum atomic E-state index is 3.97. The summed E-state index contributed by atoms with van der Waals surface area (Å²) in [6.45, 7) is 14.1. The Balaban J connectivity index is 3.39. The van der Waals surface area contributed by atoms with Crippen LogP contribution < -0.4 is 0 Å². The second kappa shape index (κ2) is 8.65. The van der Waals surface area contributed by atoms with Gasteiger partial charge in [-0.3, -0.25) is 0 Å². The summed E-state index contributed by atoms with van der Waals surface area (Å²) in [7, 11) is 0. The van der Waals surface area contributed by atoms with E-state index >= 15 is 0 Å². The van der Waals surface area contributed by atoms with Crippen LogP contribution in [-0.4, -0.2) is 5.75 Å². The summed E-state index contributed by atoms with van der Waals surface area (Å²) < 4.78 is 0. The summed E-state index contributed by atoms with van der Waals surface area (Å²) in [6, 6.07) is 0. The zero-order chi connectivity index (χ0) is 15.0. The van der Waals surface area contributed by atoms with Crippen LogP contribution in [0.1, 0.15) is 20.8 Å². The highest BCUT2D eigenvalue weighted by molar-refractivity contribution is 8.03. The van der Waals surface area contributed by atoms with Crippen LogP contribution in [0.15, 0.2) is 83.4 Å². The second-order valence-corrected chi connectivity index (χ2v) is 5.63. The van der Waals surface area contributed by atoms with Gasteiger partial charge in [0.1, 0.15) is 0 Å². The molecule has 0 bridgehead atoms. The van der Waals surface area contributed by atoms with Gasteiger partial charge in [-0.1, -0.05) is 68.7 Å². The van der Waals surface area contributed by atoms with Crippen LogP contribution >= 0.6 is 11.8 Å². The van der Waals surface area contributed by atoms with Crippen LogP contribution in [0.2, 0.25) is 0 Å². The van der Waals surface area contributed by atoms with E-state index in [1.165, 1.54) is 21.6 Å². The number of allylic oxidation sites excluding steroid dienone is 10. The van der Waals surface area contributed by atoms with Crippen molar-refractivity contribution >= 4 is 11.8 Å². The molecule has 106 valence electrons. The Morgan fingerprint density at radius 2 is 1.75 bits per heavy atom. The molecular weight excluding hydrogens is 260 g/mol. The van der Waals surface area contributed by atoms with E-state index in [9.17, 15) is 0 Å². The fourth-order valence-electron chi connectivity index (χ4n) is 2.33. The standard InChI is InChI=1S/C19H24S/c1-6-10-13-18-15(5)17(12-8-3)16(11-7-2)14-20-19(18)9-4/h6-13,15H,1,4,14H2,2-3,5H3/b11-7-,12-8-,13-10-. The van der Waals surface area contributed by atoms with Crippen molar-refractivity contribution in [2.24, 2.45) is 5.92 Å². The predicted molar refractivity (Wildman–Crippen MR) is 94.8 cm³/mol. The molecule has 1 rings (SSSR count). The van der Waals surface area contributed by atoms with Gasteiger partial charge in [-0.25, -0.2) is 0 Å². The van der Waals surface area contributed by atoms with Crippen LogP contribution in [0.25, 0.3) is 0 Å². The minimum atomic E-state index is 0.358. The summed E-state index contributed by atoms with van der Waals surface area (Å²) in [5.41, 5.74) is 4.10. The first-order valence-electron chi connectivity index (χ1n) is 6.96. The van der Waals surface area contributed by atoms with Crippen LogP contribution in [0.5, 0.6) is 0 Å². The van der Waals surface area contributed by atoms with E-state index in [1.54, 1.807) is 0 Å². The lowest BCUT2D eigenvalue weighted by atomic mass is 9.88. The normalized spacial score (nSPS) is 21.2. The number of thioether (sulfide) groups is 1. The summed E-state index contributed by atoms with van der Waals surface area (Å²) in [4.78, 5) is 1.26. The van der Waals surface area contributed by atoms with Crippen molar-refractivity contribution in [1.29, 1.82) is 0 Å². The number of hydrogen-bond donors (Lipinski definition) is 0. The molecule has 1 unspecified atom stereocenters. The highest BCUT2D eigenvalue weighted by Crippen LogP contribution is 2.38. The van der Waals surface area contributed by atoms with Crippen molar-refractivity contribution in [3.05, 3.63) is 83.4 Å². The van der Waals surface area contributed by atoms with Crippen molar-refractivity contribution in [1.82, 2.24) is 0 Å². The summed E-state index contributed by atoms with van der Waals surface area (Å²) in [5.74, 6) is 1.35. The molecule has 0 nitrogen and oxygen atoms in total. The van der Waals surface area contributed by atoms with Crippen molar-refractivity contribution in [3.8, 4) is 0 Å². The molecule has 0 aromatic carbocycles. The minimum absolute atomic E-state index is 0.358. The van der Waals surface area contributed by atoms with E-state index in [0.717, 1.165) is 5.75 Å². The molecule has 1 atom stereocenters. The van der Waals surface area contributed by atoms with Gasteiger partial charge in [0.2, 0.25) is 0 Å². The Kier molecular flexibility index (Phi) is 7.17. The third kappa shape index (κ3) is 4.01. The van der Waals surface area contributed by atoms with E-state index in [-0.39, 0.29) is 0 Å². The molecule has 20 heavy (non-hydrogen) atoms. The van der Waals surface area contributed by atoms with Crippen LogP contribution in [0.3, 0.4) is 0 Å². The third-order valence-electron chi connectivity index (χ3n) is 3.28. The largest absolute Gasteiger partial charge is 0.121 e. The van der Waals surface area contributed by atoms with Gasteiger partial charge in [0.15, 0.2) is 0 Å². The summed E-state index contributed by atoms with van der Waals surface area (Å²) in [6.07, 6.45) is 16.6. The molecule has 0 spiro atoms. The highest BCUT2D eigenvalue weighted by Gasteiger charge is 2.20. The molecule has 1 heteroatoms. The zero-order valence-corrected chi connectivity index (χ0v) is 13.5. The van der Waals surface area contributed by atoms with E-state index in [2.05, 4.69) is 64.3 Å². The molecule has 0 aromatic rings. The van der Waals surface area contributed by atoms with Crippen molar-refractivity contribution < 1.29 is 0 Å². The molecule has 1 heterocycles. The first-order chi connectivity index (χ1) is 9.69. The van der Waals surface area contributed by atoms with E-state index in [4.69, 9.17) is 0 Å². The molecule has 0 aromatic heterocycles. The summed E-state index contributed by atoms with van der Waals surface area (Å²) >= 11 is 1.86. The Morgan fingerprint density at radius 3 is 2.30 bits per heavy atom. The molecule has 0 amide bonds. The smallest absolute Gasteiger partial charge is 0.0234 e. The fraction of sp³-hybridized carbons (Fsp3) is 0.263. The maximum absolute atomic E-state index is 3.97. The molecule has 1 aliphatic rings. The quantitative estimate of drug-likeness (QED) is 0.558. The van der Waals surface area contributed by atoms with Gasteiger partial charge in [0, 0.05) is 16.6 Å². The first-order valence-corrected chi connectivity index (χ1v) is 7.95. The Hall–Kier alpha value is -1.47. The van der Waals surface area contributed by atoms with Crippen LogP contribution in [0.4, 0.5) is 0 Å². The number of rotatable bonds is 5. The fourth-order valence-corrected chi connectivity index (χ4v) is 3.44. The molecule has 0 saturated carbocycles. The maximum Gasteiger partial charge on any atom is 0.0234 e. The minimum Gasteiger partial charge on any atom is -0.121 e. The van der Waals surface area contributed by atoms with Gasteiger partial charge in [0.05, 0.1) is 0 Å². The van der Waals surface area contributed by atoms with Gasteiger partial charge >= 0.3 is 0 Å². The second-order valence-electron chi connectivity index (χ2n) is 4.61. The molecule has 1 aliphatic heterocycles. The molecule has 0 saturated heterocycles. The Bertz CT molecular complexity index is 508. The summed E-state index contributed by atoms with van der Waals surface area (Å²) in [5, 5.41) is 0. The van der Waals surface area contributed by atoms with E-state index in [0.29, 0.717) is 5.92 Å². The van der Waals surface area contributed by atoms with Gasteiger partial charge in [-0.2, -0.15) is 0 Å². The van der Waals surface area contributed by atoms with E-state index in [1.807, 2.05) is 30.0 Å². The molecule has 0 N–H and O–H groups in total. The van der Waals surface area contributed by atoms with E-state index < -0.39 is 0 Å². The molecule has 0 aliphatic carbocycles. The predicted octanol–water partition coefficient (Wildman–Crippen LogP) is 6.00. The molecule has 0 radical (unpaired) electrons. The lowest BCUT2D eigenvalue weighted by Gasteiger charge is -2.16. The average molecular weight is 284 g/mol. The zero-order valence-electron chi connectivity index (χ0n) is 12.7. The molecular formula is C19H24S. The van der Waals surface area contributed by atoms with Gasteiger partial charge in [-0.05, 0) is 30.6 Å². The van der Waals surface area contributed by atoms with Gasteiger partial charge in [-0.15, -0.1) is 11.8 Å². The van der Waals surface area contributed by atoms with Crippen molar-refractivity contribution in [3.63, 3.8) is 0 Å². The van der Waals surface area contributed by atoms with Crippen LogP contribution in [0, 0.1) is 5.92 Å². The lowest BCUT2D eigenvalue weighted by Crippen LogP contribution is -2.03. The van der Waals surface area contributed by atoms with Crippen molar-refractivity contribution in [2.75, 3.05) is 5.75 Å². The Labute approximate surface area is 128 Å².